The van der Waals surface area contributed by atoms with Crippen LogP contribution >= 0.6 is 0 Å². The highest BCUT2D eigenvalue weighted by Gasteiger charge is 2.07. The zero-order valence-electron chi connectivity index (χ0n) is 8.01. The van der Waals surface area contributed by atoms with Gasteiger partial charge in [0.25, 0.3) is 5.91 Å². The number of benzene rings is 1. The molecule has 0 aliphatic carbocycles. The molecule has 0 aliphatic heterocycles. The summed E-state index contributed by atoms with van der Waals surface area (Å²) in [4.78, 5) is 15.2. The Morgan fingerprint density at radius 1 is 1.33 bits per heavy atom. The van der Waals surface area contributed by atoms with E-state index in [-0.39, 0.29) is 5.91 Å². The molecule has 0 atom stereocenters. The molecule has 0 aliphatic rings. The molecule has 0 fully saturated rings. The Kier molecular flexibility index (Phi) is 2.78. The molecule has 1 aromatic heterocycles. The van der Waals surface area contributed by atoms with Gasteiger partial charge in [-0.3, -0.25) is 4.79 Å². The molecule has 1 heterocycles. The summed E-state index contributed by atoms with van der Waals surface area (Å²) in [5, 5.41) is 2.74. The lowest BCUT2D eigenvalue weighted by molar-refractivity contribution is 0.0946. The third-order valence-electron chi connectivity index (χ3n) is 1.96. The highest BCUT2D eigenvalue weighted by atomic mass is 16.3. The topological polar surface area (TPSA) is 55.1 Å². The van der Waals surface area contributed by atoms with Gasteiger partial charge in [-0.05, 0) is 5.56 Å². The van der Waals surface area contributed by atoms with Crippen molar-refractivity contribution in [1.29, 1.82) is 0 Å². The maximum atomic E-state index is 11.4. The number of hydrogen-bond acceptors (Lipinski definition) is 3. The Balaban J connectivity index is 1.92. The van der Waals surface area contributed by atoms with Gasteiger partial charge in [-0.25, -0.2) is 4.98 Å². The van der Waals surface area contributed by atoms with E-state index in [0.29, 0.717) is 12.2 Å². The van der Waals surface area contributed by atoms with Gasteiger partial charge in [0, 0.05) is 6.54 Å². The van der Waals surface area contributed by atoms with Crippen LogP contribution < -0.4 is 5.32 Å². The normalized spacial score (nSPS) is 9.87. The Bertz CT molecular complexity index is 423. The molecule has 0 unspecified atom stereocenters. The zero-order chi connectivity index (χ0) is 10.5. The highest BCUT2D eigenvalue weighted by Crippen LogP contribution is 1.99. The lowest BCUT2D eigenvalue weighted by Crippen LogP contribution is -2.22. The van der Waals surface area contributed by atoms with Crippen LogP contribution in [-0.4, -0.2) is 10.9 Å². The second kappa shape index (κ2) is 4.41. The minimum Gasteiger partial charge on any atom is -0.451 e. The minimum absolute atomic E-state index is 0.229. The van der Waals surface area contributed by atoms with Gasteiger partial charge in [-0.2, -0.15) is 0 Å². The standard InChI is InChI=1S/C11H10N2O2/c14-11(10-7-15-8-13-10)12-6-9-4-2-1-3-5-9/h1-5,7-8H,6H2,(H,12,14). The predicted molar refractivity (Wildman–Crippen MR) is 54.1 cm³/mol. The number of carbonyl (C=O) groups is 1. The zero-order valence-corrected chi connectivity index (χ0v) is 8.01. The van der Waals surface area contributed by atoms with Crippen LogP contribution in [0, 0.1) is 0 Å². The molecule has 2 aromatic rings. The van der Waals surface area contributed by atoms with E-state index in [1.54, 1.807) is 0 Å². The van der Waals surface area contributed by atoms with Gasteiger partial charge in [0.05, 0.1) is 0 Å². The summed E-state index contributed by atoms with van der Waals surface area (Å²) in [6, 6.07) is 9.68. The van der Waals surface area contributed by atoms with Crippen LogP contribution in [0.2, 0.25) is 0 Å². The van der Waals surface area contributed by atoms with Crippen molar-refractivity contribution in [2.75, 3.05) is 0 Å². The van der Waals surface area contributed by atoms with E-state index in [9.17, 15) is 4.79 Å². The molecule has 0 saturated heterocycles. The second-order valence-electron chi connectivity index (χ2n) is 3.04. The van der Waals surface area contributed by atoms with E-state index in [2.05, 4.69) is 10.3 Å². The van der Waals surface area contributed by atoms with Gasteiger partial charge in [0.2, 0.25) is 0 Å². The molecule has 15 heavy (non-hydrogen) atoms. The van der Waals surface area contributed by atoms with Gasteiger partial charge >= 0.3 is 0 Å². The van der Waals surface area contributed by atoms with Crippen LogP contribution in [-0.2, 0) is 6.54 Å². The van der Waals surface area contributed by atoms with Crippen molar-refractivity contribution in [3.8, 4) is 0 Å². The number of oxazole rings is 1. The average Bonchev–Trinajstić information content (AvgIpc) is 2.81. The van der Waals surface area contributed by atoms with E-state index >= 15 is 0 Å². The number of hydrogen-bond donors (Lipinski definition) is 1. The van der Waals surface area contributed by atoms with Gasteiger partial charge in [-0.15, -0.1) is 0 Å². The first-order chi connectivity index (χ1) is 7.36. The number of nitrogens with one attached hydrogen (secondary N) is 1. The number of aromatic nitrogens is 1. The van der Waals surface area contributed by atoms with Crippen molar-refractivity contribution in [3.05, 3.63) is 54.2 Å². The molecule has 0 saturated carbocycles. The summed E-state index contributed by atoms with van der Waals surface area (Å²) in [6.45, 7) is 0.493. The molecule has 1 aromatic carbocycles. The summed E-state index contributed by atoms with van der Waals surface area (Å²) in [5.74, 6) is -0.229. The number of amides is 1. The fourth-order valence-corrected chi connectivity index (χ4v) is 1.19. The van der Waals surface area contributed by atoms with Gasteiger partial charge in [-0.1, -0.05) is 30.3 Å². The van der Waals surface area contributed by atoms with Crippen LogP contribution in [0.4, 0.5) is 0 Å². The Hall–Kier alpha value is -2.10. The maximum Gasteiger partial charge on any atom is 0.273 e. The first-order valence-corrected chi connectivity index (χ1v) is 4.56. The Labute approximate surface area is 86.9 Å². The Morgan fingerprint density at radius 3 is 2.80 bits per heavy atom. The molecule has 1 amide bonds. The lowest BCUT2D eigenvalue weighted by Gasteiger charge is -2.02. The SMILES string of the molecule is O=C(NCc1ccccc1)c1cocn1. The fourth-order valence-electron chi connectivity index (χ4n) is 1.19. The summed E-state index contributed by atoms with van der Waals surface area (Å²) < 4.78 is 4.72. The molecular formula is C11H10N2O2. The average molecular weight is 202 g/mol. The molecule has 2 rings (SSSR count). The van der Waals surface area contributed by atoms with Crippen LogP contribution in [0.15, 0.2) is 47.4 Å². The van der Waals surface area contributed by atoms with Gasteiger partial charge < -0.3 is 9.73 Å². The quantitative estimate of drug-likeness (QED) is 0.822. The number of carbonyl (C=O) groups excluding carboxylic acids is 1. The van der Waals surface area contributed by atoms with Crippen molar-refractivity contribution in [3.63, 3.8) is 0 Å². The third-order valence-corrected chi connectivity index (χ3v) is 1.96. The van der Waals surface area contributed by atoms with Gasteiger partial charge in [0.1, 0.15) is 6.26 Å². The van der Waals surface area contributed by atoms with E-state index in [4.69, 9.17) is 4.42 Å². The summed E-state index contributed by atoms with van der Waals surface area (Å²) in [6.07, 6.45) is 2.55. The van der Waals surface area contributed by atoms with E-state index in [1.165, 1.54) is 12.7 Å². The third kappa shape index (κ3) is 2.43. The first-order valence-electron chi connectivity index (χ1n) is 4.56. The number of nitrogens with zero attached hydrogens (tertiary/aromatic N) is 1. The van der Waals surface area contributed by atoms with E-state index in [0.717, 1.165) is 5.56 Å². The minimum atomic E-state index is -0.229. The molecule has 76 valence electrons. The summed E-state index contributed by atoms with van der Waals surface area (Å²) in [7, 11) is 0. The van der Waals surface area contributed by atoms with E-state index < -0.39 is 0 Å². The Morgan fingerprint density at radius 2 is 2.13 bits per heavy atom. The van der Waals surface area contributed by atoms with Crippen molar-refractivity contribution < 1.29 is 9.21 Å². The molecule has 0 bridgehead atoms. The van der Waals surface area contributed by atoms with Crippen molar-refractivity contribution in [2.45, 2.75) is 6.54 Å². The summed E-state index contributed by atoms with van der Waals surface area (Å²) in [5.41, 5.74) is 1.35. The van der Waals surface area contributed by atoms with Crippen molar-refractivity contribution in [2.24, 2.45) is 0 Å². The van der Waals surface area contributed by atoms with Crippen molar-refractivity contribution in [1.82, 2.24) is 10.3 Å². The highest BCUT2D eigenvalue weighted by molar-refractivity contribution is 5.91. The molecule has 0 spiro atoms. The van der Waals surface area contributed by atoms with Gasteiger partial charge in [0.15, 0.2) is 12.1 Å². The molecule has 0 radical (unpaired) electrons. The number of rotatable bonds is 3. The molecule has 4 nitrogen and oxygen atoms in total. The molecular weight excluding hydrogens is 192 g/mol. The monoisotopic (exact) mass is 202 g/mol. The fraction of sp³-hybridized carbons (Fsp3) is 0.0909. The molecule has 4 heteroatoms. The maximum absolute atomic E-state index is 11.4. The largest absolute Gasteiger partial charge is 0.451 e. The smallest absolute Gasteiger partial charge is 0.273 e. The first kappa shape index (κ1) is 9.45. The van der Waals surface area contributed by atoms with E-state index in [1.807, 2.05) is 30.3 Å². The molecule has 1 N–H and O–H groups in total. The van der Waals surface area contributed by atoms with Crippen LogP contribution in [0.25, 0.3) is 0 Å². The van der Waals surface area contributed by atoms with Crippen LogP contribution in [0.3, 0.4) is 0 Å². The second-order valence-corrected chi connectivity index (χ2v) is 3.04. The summed E-state index contributed by atoms with van der Waals surface area (Å²) >= 11 is 0. The van der Waals surface area contributed by atoms with Crippen LogP contribution in [0.5, 0.6) is 0 Å². The lowest BCUT2D eigenvalue weighted by atomic mass is 10.2. The van der Waals surface area contributed by atoms with Crippen LogP contribution in [0.1, 0.15) is 16.1 Å². The predicted octanol–water partition coefficient (Wildman–Crippen LogP) is 1.60. The van der Waals surface area contributed by atoms with Crippen molar-refractivity contribution >= 4 is 5.91 Å².